The van der Waals surface area contributed by atoms with Gasteiger partial charge in [-0.1, -0.05) is 6.92 Å². The molecule has 1 saturated heterocycles. The van der Waals surface area contributed by atoms with Crippen LogP contribution in [0.3, 0.4) is 0 Å². The fourth-order valence-electron chi connectivity index (χ4n) is 2.21. The summed E-state index contributed by atoms with van der Waals surface area (Å²) in [5.41, 5.74) is 0.816. The highest BCUT2D eigenvalue weighted by molar-refractivity contribution is 8.00. The SMILES string of the molecule is CCC1CN(CC(=O)c2cccn2C)CCS1. The summed E-state index contributed by atoms with van der Waals surface area (Å²) >= 11 is 2.04. The smallest absolute Gasteiger partial charge is 0.193 e. The van der Waals surface area contributed by atoms with Gasteiger partial charge in [0.1, 0.15) is 0 Å². The maximum Gasteiger partial charge on any atom is 0.193 e. The summed E-state index contributed by atoms with van der Waals surface area (Å²) in [7, 11) is 1.92. The highest BCUT2D eigenvalue weighted by atomic mass is 32.2. The first kappa shape index (κ1) is 12.7. The van der Waals surface area contributed by atoms with Crippen LogP contribution in [0.15, 0.2) is 18.3 Å². The molecule has 0 bridgehead atoms. The van der Waals surface area contributed by atoms with E-state index in [0.717, 1.165) is 24.5 Å². The van der Waals surface area contributed by atoms with E-state index in [2.05, 4.69) is 11.8 Å². The van der Waals surface area contributed by atoms with Crippen LogP contribution in [0.5, 0.6) is 0 Å². The zero-order chi connectivity index (χ0) is 12.3. The van der Waals surface area contributed by atoms with Crippen molar-refractivity contribution in [2.45, 2.75) is 18.6 Å². The molecule has 1 aromatic heterocycles. The van der Waals surface area contributed by atoms with Gasteiger partial charge in [0.05, 0.1) is 12.2 Å². The average molecular weight is 252 g/mol. The number of aryl methyl sites for hydroxylation is 1. The number of hydrogen-bond acceptors (Lipinski definition) is 3. The molecule has 0 amide bonds. The van der Waals surface area contributed by atoms with Gasteiger partial charge in [0, 0.05) is 37.3 Å². The minimum Gasteiger partial charge on any atom is -0.348 e. The topological polar surface area (TPSA) is 25.2 Å². The highest BCUT2D eigenvalue weighted by Crippen LogP contribution is 2.21. The third kappa shape index (κ3) is 3.13. The van der Waals surface area contributed by atoms with Crippen LogP contribution < -0.4 is 0 Å². The third-order valence-electron chi connectivity index (χ3n) is 3.27. The molecule has 0 radical (unpaired) electrons. The molecule has 1 unspecified atom stereocenters. The molecule has 0 saturated carbocycles. The molecule has 0 aromatic carbocycles. The fraction of sp³-hybridized carbons (Fsp3) is 0.615. The molecular weight excluding hydrogens is 232 g/mol. The minimum absolute atomic E-state index is 0.235. The Morgan fingerprint density at radius 3 is 3.06 bits per heavy atom. The number of carbonyl (C=O) groups excluding carboxylic acids is 1. The van der Waals surface area contributed by atoms with Crippen molar-refractivity contribution in [3.63, 3.8) is 0 Å². The molecule has 2 rings (SSSR count). The van der Waals surface area contributed by atoms with E-state index in [9.17, 15) is 4.79 Å². The largest absolute Gasteiger partial charge is 0.348 e. The van der Waals surface area contributed by atoms with E-state index in [4.69, 9.17) is 0 Å². The lowest BCUT2D eigenvalue weighted by atomic mass is 10.2. The predicted octanol–water partition coefficient (Wildman–Crippen LogP) is 2.04. The summed E-state index contributed by atoms with van der Waals surface area (Å²) in [6.45, 7) is 4.88. The van der Waals surface area contributed by atoms with Gasteiger partial charge in [-0.15, -0.1) is 0 Å². The van der Waals surface area contributed by atoms with Gasteiger partial charge in [-0.05, 0) is 18.6 Å². The van der Waals surface area contributed by atoms with Crippen LogP contribution in [0.25, 0.3) is 0 Å². The zero-order valence-electron chi connectivity index (χ0n) is 10.6. The van der Waals surface area contributed by atoms with Gasteiger partial charge in [-0.25, -0.2) is 0 Å². The first-order valence-electron chi connectivity index (χ1n) is 6.19. The third-order valence-corrected chi connectivity index (χ3v) is 4.65. The maximum atomic E-state index is 12.1. The van der Waals surface area contributed by atoms with Crippen molar-refractivity contribution in [2.24, 2.45) is 7.05 Å². The van der Waals surface area contributed by atoms with Crippen LogP contribution in [-0.4, -0.2) is 45.9 Å². The summed E-state index contributed by atoms with van der Waals surface area (Å²) in [6.07, 6.45) is 3.12. The van der Waals surface area contributed by atoms with E-state index in [1.807, 2.05) is 41.7 Å². The van der Waals surface area contributed by atoms with Crippen molar-refractivity contribution in [1.82, 2.24) is 9.47 Å². The molecule has 3 nitrogen and oxygen atoms in total. The van der Waals surface area contributed by atoms with Crippen LogP contribution in [0.2, 0.25) is 0 Å². The quantitative estimate of drug-likeness (QED) is 0.767. The molecule has 0 spiro atoms. The predicted molar refractivity (Wildman–Crippen MR) is 72.7 cm³/mol. The first-order chi connectivity index (χ1) is 8.20. The van der Waals surface area contributed by atoms with E-state index in [-0.39, 0.29) is 5.78 Å². The fourth-order valence-corrected chi connectivity index (χ4v) is 3.45. The Balaban J connectivity index is 1.93. The molecule has 4 heteroatoms. The van der Waals surface area contributed by atoms with Gasteiger partial charge in [-0.2, -0.15) is 11.8 Å². The molecule has 94 valence electrons. The number of Topliss-reactive ketones (excluding diaryl/α,β-unsaturated/α-hetero) is 1. The Labute approximate surface area is 107 Å². The molecular formula is C13H20N2OS. The average Bonchev–Trinajstić information content (AvgIpc) is 2.76. The van der Waals surface area contributed by atoms with E-state index < -0.39 is 0 Å². The Morgan fingerprint density at radius 1 is 1.59 bits per heavy atom. The Bertz CT molecular complexity index is 389. The lowest BCUT2D eigenvalue weighted by Gasteiger charge is -2.31. The Morgan fingerprint density at radius 2 is 2.41 bits per heavy atom. The van der Waals surface area contributed by atoms with Gasteiger partial charge in [0.25, 0.3) is 0 Å². The number of thioether (sulfide) groups is 1. The lowest BCUT2D eigenvalue weighted by Crippen LogP contribution is -2.40. The van der Waals surface area contributed by atoms with Crippen molar-refractivity contribution in [3.05, 3.63) is 24.0 Å². The normalized spacial score (nSPS) is 21.6. The number of rotatable bonds is 4. The van der Waals surface area contributed by atoms with Gasteiger partial charge in [0.2, 0.25) is 0 Å². The van der Waals surface area contributed by atoms with Gasteiger partial charge in [0.15, 0.2) is 5.78 Å². The Hall–Kier alpha value is -0.740. The molecule has 1 fully saturated rings. The second kappa shape index (κ2) is 5.74. The van der Waals surface area contributed by atoms with E-state index in [1.165, 1.54) is 6.42 Å². The zero-order valence-corrected chi connectivity index (χ0v) is 11.4. The van der Waals surface area contributed by atoms with Crippen molar-refractivity contribution in [1.29, 1.82) is 0 Å². The minimum atomic E-state index is 0.235. The summed E-state index contributed by atoms with van der Waals surface area (Å²) in [4.78, 5) is 14.4. The van der Waals surface area contributed by atoms with E-state index in [0.29, 0.717) is 11.8 Å². The van der Waals surface area contributed by atoms with Gasteiger partial charge in [-0.3, -0.25) is 9.69 Å². The molecule has 0 N–H and O–H groups in total. The van der Waals surface area contributed by atoms with Crippen molar-refractivity contribution < 1.29 is 4.79 Å². The molecule has 17 heavy (non-hydrogen) atoms. The summed E-state index contributed by atoms with van der Waals surface area (Å²) in [5, 5.41) is 0.699. The van der Waals surface area contributed by atoms with Crippen LogP contribution in [0.1, 0.15) is 23.8 Å². The maximum absolute atomic E-state index is 12.1. The van der Waals surface area contributed by atoms with Crippen molar-refractivity contribution >= 4 is 17.5 Å². The molecule has 1 aliphatic rings. The van der Waals surface area contributed by atoms with Crippen LogP contribution in [0.4, 0.5) is 0 Å². The van der Waals surface area contributed by atoms with Crippen LogP contribution >= 0.6 is 11.8 Å². The van der Waals surface area contributed by atoms with E-state index in [1.54, 1.807) is 0 Å². The van der Waals surface area contributed by atoms with Gasteiger partial charge < -0.3 is 4.57 Å². The van der Waals surface area contributed by atoms with Crippen LogP contribution in [0, 0.1) is 0 Å². The number of carbonyl (C=O) groups is 1. The summed E-state index contributed by atoms with van der Waals surface area (Å²) in [5.74, 6) is 1.39. The monoisotopic (exact) mass is 252 g/mol. The van der Waals surface area contributed by atoms with Crippen molar-refractivity contribution in [3.8, 4) is 0 Å². The highest BCUT2D eigenvalue weighted by Gasteiger charge is 2.21. The van der Waals surface area contributed by atoms with Crippen LogP contribution in [-0.2, 0) is 7.05 Å². The number of ketones is 1. The second-order valence-corrected chi connectivity index (χ2v) is 5.97. The standard InChI is InChI=1S/C13H20N2OS/c1-3-11-9-15(7-8-17-11)10-13(16)12-5-4-6-14(12)2/h4-6,11H,3,7-10H2,1-2H3. The second-order valence-electron chi connectivity index (χ2n) is 4.56. The molecule has 0 aliphatic carbocycles. The number of aromatic nitrogens is 1. The van der Waals surface area contributed by atoms with Crippen molar-refractivity contribution in [2.75, 3.05) is 25.4 Å². The number of nitrogens with zero attached hydrogens (tertiary/aromatic N) is 2. The number of hydrogen-bond donors (Lipinski definition) is 0. The summed E-state index contributed by atoms with van der Waals surface area (Å²) < 4.78 is 1.90. The molecule has 1 atom stereocenters. The summed E-state index contributed by atoms with van der Waals surface area (Å²) in [6, 6.07) is 3.83. The molecule has 2 heterocycles. The van der Waals surface area contributed by atoms with Gasteiger partial charge >= 0.3 is 0 Å². The Kier molecular flexibility index (Phi) is 4.29. The molecule has 1 aromatic rings. The van der Waals surface area contributed by atoms with E-state index >= 15 is 0 Å². The molecule has 1 aliphatic heterocycles. The first-order valence-corrected chi connectivity index (χ1v) is 7.24. The lowest BCUT2D eigenvalue weighted by molar-refractivity contribution is 0.0924.